The van der Waals surface area contributed by atoms with Gasteiger partial charge in [-0.25, -0.2) is 8.42 Å². The van der Waals surface area contributed by atoms with E-state index in [0.717, 1.165) is 5.56 Å². The number of hydrogen-bond acceptors (Lipinski definition) is 4. The lowest BCUT2D eigenvalue weighted by Crippen LogP contribution is -2.19. The lowest BCUT2D eigenvalue weighted by atomic mass is 10.2. The normalized spacial score (nSPS) is 10.9. The number of benzene rings is 3. The fourth-order valence-electron chi connectivity index (χ4n) is 2.62. The Morgan fingerprint density at radius 3 is 2.20 bits per heavy atom. The molecule has 3 N–H and O–H groups in total. The van der Waals surface area contributed by atoms with Gasteiger partial charge in [0.1, 0.15) is 5.75 Å². The lowest BCUT2D eigenvalue weighted by molar-refractivity contribution is 0.417. The van der Waals surface area contributed by atoms with Crippen molar-refractivity contribution >= 4 is 56.0 Å². The summed E-state index contributed by atoms with van der Waals surface area (Å²) in [5, 5.41) is 6.95. The predicted octanol–water partition coefficient (Wildman–Crippen LogP) is 5.27. The third-order valence-corrected chi connectivity index (χ3v) is 5.97. The van der Waals surface area contributed by atoms with E-state index in [-0.39, 0.29) is 4.90 Å². The molecule has 0 amide bonds. The third-order valence-electron chi connectivity index (χ3n) is 4.14. The largest absolute Gasteiger partial charge is 0.495 e. The second-order valence-electron chi connectivity index (χ2n) is 6.42. The maximum atomic E-state index is 12.5. The van der Waals surface area contributed by atoms with Crippen LogP contribution in [-0.2, 0) is 10.0 Å². The van der Waals surface area contributed by atoms with Gasteiger partial charge in [0.15, 0.2) is 5.11 Å². The molecule has 0 atom stereocenters. The van der Waals surface area contributed by atoms with Gasteiger partial charge in [0.2, 0.25) is 0 Å². The lowest BCUT2D eigenvalue weighted by Gasteiger charge is -2.14. The molecule has 0 aliphatic carbocycles. The van der Waals surface area contributed by atoms with Gasteiger partial charge in [0.05, 0.1) is 17.7 Å². The highest BCUT2D eigenvalue weighted by Gasteiger charge is 2.14. The van der Waals surface area contributed by atoms with E-state index in [1.165, 1.54) is 0 Å². The molecule has 30 heavy (non-hydrogen) atoms. The first-order valence-corrected chi connectivity index (χ1v) is 11.1. The Balaban J connectivity index is 1.65. The Morgan fingerprint density at radius 1 is 0.933 bits per heavy atom. The monoisotopic (exact) mass is 461 g/mol. The van der Waals surface area contributed by atoms with Crippen LogP contribution in [0.2, 0.25) is 5.02 Å². The standard InChI is InChI=1S/C21H20ClN3O3S2/c1-14-3-10-18(11-4-14)30(26,27)25-17-8-6-16(7-9-17)23-21(29)24-19-13-15(22)5-12-20(19)28-2/h3-13,25H,1-2H3,(H2,23,24,29). The number of halogens is 1. The van der Waals surface area contributed by atoms with Crippen LogP contribution in [0.25, 0.3) is 0 Å². The van der Waals surface area contributed by atoms with Crippen molar-refractivity contribution in [2.45, 2.75) is 11.8 Å². The van der Waals surface area contributed by atoms with Crippen molar-refractivity contribution in [3.05, 3.63) is 77.3 Å². The zero-order valence-electron chi connectivity index (χ0n) is 16.3. The van der Waals surface area contributed by atoms with Gasteiger partial charge in [-0.1, -0.05) is 29.3 Å². The molecular weight excluding hydrogens is 442 g/mol. The van der Waals surface area contributed by atoms with Crippen molar-refractivity contribution in [3.63, 3.8) is 0 Å². The Bertz CT molecular complexity index is 1150. The molecule has 0 saturated heterocycles. The van der Waals surface area contributed by atoms with Crippen LogP contribution >= 0.6 is 23.8 Å². The molecule has 0 spiro atoms. The third kappa shape index (κ3) is 5.63. The molecule has 3 rings (SSSR count). The van der Waals surface area contributed by atoms with Crippen molar-refractivity contribution in [1.82, 2.24) is 0 Å². The molecule has 9 heteroatoms. The molecule has 6 nitrogen and oxygen atoms in total. The van der Waals surface area contributed by atoms with Gasteiger partial charge in [-0.3, -0.25) is 4.72 Å². The molecule has 0 saturated carbocycles. The number of anilines is 3. The fourth-order valence-corrected chi connectivity index (χ4v) is 4.07. The van der Waals surface area contributed by atoms with E-state index in [1.807, 2.05) is 6.92 Å². The van der Waals surface area contributed by atoms with Crippen LogP contribution in [0.1, 0.15) is 5.56 Å². The van der Waals surface area contributed by atoms with Crippen LogP contribution in [0.15, 0.2) is 71.6 Å². The van der Waals surface area contributed by atoms with Crippen molar-refractivity contribution in [2.75, 3.05) is 22.5 Å². The minimum atomic E-state index is -3.65. The second kappa shape index (κ2) is 9.34. The summed E-state index contributed by atoms with van der Waals surface area (Å²) in [6, 6.07) is 18.6. The van der Waals surface area contributed by atoms with Crippen molar-refractivity contribution < 1.29 is 13.2 Å². The van der Waals surface area contributed by atoms with Gasteiger partial charge in [0, 0.05) is 16.4 Å². The van der Waals surface area contributed by atoms with E-state index < -0.39 is 10.0 Å². The van der Waals surface area contributed by atoms with E-state index in [0.29, 0.717) is 32.9 Å². The molecular formula is C21H20ClN3O3S2. The summed E-state index contributed by atoms with van der Waals surface area (Å²) in [5.41, 5.74) is 2.75. The molecule has 156 valence electrons. The highest BCUT2D eigenvalue weighted by Crippen LogP contribution is 2.28. The van der Waals surface area contributed by atoms with Crippen LogP contribution in [0, 0.1) is 6.92 Å². The Hall–Kier alpha value is -2.81. The molecule has 0 aliphatic rings. The zero-order valence-corrected chi connectivity index (χ0v) is 18.7. The minimum Gasteiger partial charge on any atom is -0.495 e. The maximum absolute atomic E-state index is 12.5. The van der Waals surface area contributed by atoms with E-state index in [2.05, 4.69) is 15.4 Å². The molecule has 0 heterocycles. The highest BCUT2D eigenvalue weighted by molar-refractivity contribution is 7.92. The molecule has 0 bridgehead atoms. The van der Waals surface area contributed by atoms with Gasteiger partial charge in [-0.05, 0) is 73.7 Å². The van der Waals surface area contributed by atoms with Gasteiger partial charge in [0.25, 0.3) is 10.0 Å². The van der Waals surface area contributed by atoms with Crippen molar-refractivity contribution in [3.8, 4) is 5.75 Å². The smallest absolute Gasteiger partial charge is 0.261 e. The van der Waals surface area contributed by atoms with E-state index >= 15 is 0 Å². The average molecular weight is 462 g/mol. The number of rotatable bonds is 6. The number of aryl methyl sites for hydroxylation is 1. The molecule has 3 aromatic carbocycles. The minimum absolute atomic E-state index is 0.205. The van der Waals surface area contributed by atoms with Gasteiger partial charge in [-0.2, -0.15) is 0 Å². The Kier molecular flexibility index (Phi) is 6.81. The zero-order chi connectivity index (χ0) is 21.7. The predicted molar refractivity (Wildman–Crippen MR) is 126 cm³/mol. The summed E-state index contributed by atoms with van der Waals surface area (Å²) in [5.74, 6) is 0.601. The van der Waals surface area contributed by atoms with Crippen LogP contribution in [0.3, 0.4) is 0 Å². The number of hydrogen-bond donors (Lipinski definition) is 3. The second-order valence-corrected chi connectivity index (χ2v) is 8.95. The molecule has 0 unspecified atom stereocenters. The Morgan fingerprint density at radius 2 is 1.57 bits per heavy atom. The first kappa shape index (κ1) is 21.9. The molecule has 3 aromatic rings. The topological polar surface area (TPSA) is 79.5 Å². The van der Waals surface area contributed by atoms with Crippen LogP contribution in [0.4, 0.5) is 17.1 Å². The molecule has 0 fully saturated rings. The molecule has 0 aliphatic heterocycles. The van der Waals surface area contributed by atoms with E-state index in [9.17, 15) is 8.42 Å². The summed E-state index contributed by atoms with van der Waals surface area (Å²) in [6.45, 7) is 1.90. The number of thiocarbonyl (C=S) groups is 1. The Labute approximate surface area is 186 Å². The van der Waals surface area contributed by atoms with Gasteiger partial charge >= 0.3 is 0 Å². The van der Waals surface area contributed by atoms with Gasteiger partial charge in [-0.15, -0.1) is 0 Å². The number of sulfonamides is 1. The summed E-state index contributed by atoms with van der Waals surface area (Å²) in [4.78, 5) is 0.205. The summed E-state index contributed by atoms with van der Waals surface area (Å²) in [7, 11) is -2.10. The summed E-state index contributed by atoms with van der Waals surface area (Å²) >= 11 is 11.4. The number of ether oxygens (including phenoxy) is 1. The van der Waals surface area contributed by atoms with Crippen LogP contribution in [-0.4, -0.2) is 20.6 Å². The molecule has 0 radical (unpaired) electrons. The summed E-state index contributed by atoms with van der Waals surface area (Å²) < 4.78 is 32.8. The maximum Gasteiger partial charge on any atom is 0.261 e. The SMILES string of the molecule is COc1ccc(Cl)cc1NC(=S)Nc1ccc(NS(=O)(=O)c2ccc(C)cc2)cc1. The first-order chi connectivity index (χ1) is 14.3. The molecule has 0 aromatic heterocycles. The van der Waals surface area contributed by atoms with Crippen LogP contribution in [0.5, 0.6) is 5.75 Å². The average Bonchev–Trinajstić information content (AvgIpc) is 2.70. The van der Waals surface area contributed by atoms with Crippen LogP contribution < -0.4 is 20.1 Å². The van der Waals surface area contributed by atoms with E-state index in [4.69, 9.17) is 28.6 Å². The first-order valence-electron chi connectivity index (χ1n) is 8.88. The highest BCUT2D eigenvalue weighted by atomic mass is 35.5. The van der Waals surface area contributed by atoms with Gasteiger partial charge < -0.3 is 15.4 Å². The number of methoxy groups -OCH3 is 1. The quantitative estimate of drug-likeness (QED) is 0.434. The fraction of sp³-hybridized carbons (Fsp3) is 0.0952. The van der Waals surface area contributed by atoms with E-state index in [1.54, 1.807) is 73.8 Å². The van der Waals surface area contributed by atoms with Crippen molar-refractivity contribution in [2.24, 2.45) is 0 Å². The summed E-state index contributed by atoms with van der Waals surface area (Å²) in [6.07, 6.45) is 0. The van der Waals surface area contributed by atoms with Crippen molar-refractivity contribution in [1.29, 1.82) is 0 Å². The number of nitrogens with one attached hydrogen (secondary N) is 3.